The molecule has 2 aromatic carbocycles. The lowest BCUT2D eigenvalue weighted by Gasteiger charge is -2.30. The molecule has 0 spiro atoms. The van der Waals surface area contributed by atoms with Crippen LogP contribution in [0.4, 0.5) is 0 Å². The topological polar surface area (TPSA) is 57.2 Å². The van der Waals surface area contributed by atoms with Gasteiger partial charge in [0.1, 0.15) is 17.7 Å². The lowest BCUT2D eigenvalue weighted by molar-refractivity contribution is -0.103. The molecule has 6 heteroatoms. The van der Waals surface area contributed by atoms with Crippen LogP contribution in [0.25, 0.3) is 5.70 Å². The van der Waals surface area contributed by atoms with E-state index in [1.807, 2.05) is 54.9 Å². The summed E-state index contributed by atoms with van der Waals surface area (Å²) >= 11 is 0. The summed E-state index contributed by atoms with van der Waals surface area (Å²) in [6.45, 7) is 3.89. The first-order valence-electron chi connectivity index (χ1n) is 11.1. The van der Waals surface area contributed by atoms with Gasteiger partial charge < -0.3 is 19.9 Å². The van der Waals surface area contributed by atoms with E-state index in [1.54, 1.807) is 6.92 Å². The van der Waals surface area contributed by atoms with Crippen molar-refractivity contribution in [1.29, 1.82) is 0 Å². The highest BCUT2D eigenvalue weighted by molar-refractivity contribution is 5.92. The van der Waals surface area contributed by atoms with Crippen molar-refractivity contribution in [3.05, 3.63) is 78.3 Å². The highest BCUT2D eigenvalue weighted by atomic mass is 16.5. The van der Waals surface area contributed by atoms with E-state index in [0.717, 1.165) is 41.5 Å². The Morgan fingerprint density at radius 1 is 1.12 bits per heavy atom. The number of benzene rings is 2. The molecule has 0 amide bonds. The van der Waals surface area contributed by atoms with Gasteiger partial charge in [-0.1, -0.05) is 24.1 Å². The molecule has 0 radical (unpaired) electrons. The molecule has 2 atom stereocenters. The van der Waals surface area contributed by atoms with Crippen molar-refractivity contribution in [2.75, 3.05) is 20.1 Å². The molecule has 3 aliphatic heterocycles. The second kappa shape index (κ2) is 10.7. The highest BCUT2D eigenvalue weighted by Crippen LogP contribution is 2.35. The van der Waals surface area contributed by atoms with Crippen LogP contribution in [0.2, 0.25) is 0 Å². The van der Waals surface area contributed by atoms with Crippen molar-refractivity contribution in [1.82, 2.24) is 15.1 Å². The zero-order chi connectivity index (χ0) is 23.0. The van der Waals surface area contributed by atoms with Crippen LogP contribution >= 0.6 is 0 Å². The molecule has 168 valence electrons. The molecule has 3 heterocycles. The Kier molecular flexibility index (Phi) is 7.23. The number of carbonyl (C=O) groups is 1. The fourth-order valence-electron chi connectivity index (χ4n) is 4.27. The van der Waals surface area contributed by atoms with Gasteiger partial charge in [-0.25, -0.2) is 0 Å². The minimum Gasteiger partial charge on any atom is -0.457 e. The fraction of sp³-hybridized carbons (Fsp3) is 0.259. The second-order valence-corrected chi connectivity index (χ2v) is 8.10. The summed E-state index contributed by atoms with van der Waals surface area (Å²) in [5.74, 6) is 6.85. The standard InChI is InChI=1S/C23H24N4O.C4H4O/c1-26-13-11-18(16-26)23-25-22(21-15-24-12-14-27(21)23)17-7-9-20(10-8-17)28-19-5-3-2-4-6-19;1-2-3-4-5/h2-10,12,14-15,18,23,25H,11,13,16H2,1H3;4H,1H3. The van der Waals surface area contributed by atoms with Crippen LogP contribution in [-0.2, 0) is 4.79 Å². The quantitative estimate of drug-likeness (QED) is 0.573. The molecule has 2 aromatic rings. The average Bonchev–Trinajstić information content (AvgIpc) is 3.45. The van der Waals surface area contributed by atoms with Crippen LogP contribution in [0.5, 0.6) is 11.5 Å². The number of aldehydes is 1. The third-order valence-electron chi connectivity index (χ3n) is 5.84. The van der Waals surface area contributed by atoms with Gasteiger partial charge in [-0.2, -0.15) is 0 Å². The van der Waals surface area contributed by atoms with Gasteiger partial charge in [0.25, 0.3) is 0 Å². The molecule has 1 fully saturated rings. The minimum atomic E-state index is 0.276. The van der Waals surface area contributed by atoms with E-state index in [9.17, 15) is 4.79 Å². The Balaban J connectivity index is 0.000000471. The van der Waals surface area contributed by atoms with Gasteiger partial charge in [0.2, 0.25) is 0 Å². The predicted molar refractivity (Wildman–Crippen MR) is 131 cm³/mol. The second-order valence-electron chi connectivity index (χ2n) is 8.10. The average molecular weight is 441 g/mol. The maximum atomic E-state index is 9.23. The maximum Gasteiger partial charge on any atom is 0.192 e. The minimum absolute atomic E-state index is 0.276. The van der Waals surface area contributed by atoms with Gasteiger partial charge in [-0.15, -0.1) is 0 Å². The number of carbonyl (C=O) groups excluding carboxylic acids is 1. The van der Waals surface area contributed by atoms with Crippen LogP contribution in [-0.4, -0.2) is 48.6 Å². The molecule has 6 nitrogen and oxygen atoms in total. The molecule has 1 saturated heterocycles. The van der Waals surface area contributed by atoms with Crippen molar-refractivity contribution in [3.8, 4) is 23.3 Å². The number of nitrogens with zero attached hydrogens (tertiary/aromatic N) is 3. The van der Waals surface area contributed by atoms with Crippen molar-refractivity contribution in [2.24, 2.45) is 10.9 Å². The lowest BCUT2D eigenvalue weighted by atomic mass is 10.0. The Morgan fingerprint density at radius 3 is 2.52 bits per heavy atom. The Bertz CT molecular complexity index is 1110. The van der Waals surface area contributed by atoms with Crippen molar-refractivity contribution < 1.29 is 9.53 Å². The predicted octanol–water partition coefficient (Wildman–Crippen LogP) is 4.09. The van der Waals surface area contributed by atoms with Crippen LogP contribution < -0.4 is 10.1 Å². The zero-order valence-electron chi connectivity index (χ0n) is 18.9. The maximum absolute atomic E-state index is 9.23. The Hall–Kier alpha value is -3.82. The van der Waals surface area contributed by atoms with Crippen molar-refractivity contribution in [2.45, 2.75) is 19.5 Å². The molecule has 3 aliphatic rings. The first-order valence-corrected chi connectivity index (χ1v) is 11.1. The summed E-state index contributed by atoms with van der Waals surface area (Å²) < 4.78 is 5.93. The third kappa shape index (κ3) is 5.33. The smallest absolute Gasteiger partial charge is 0.192 e. The fourth-order valence-corrected chi connectivity index (χ4v) is 4.27. The monoisotopic (exact) mass is 440 g/mol. The number of rotatable bonds is 4. The van der Waals surface area contributed by atoms with Gasteiger partial charge in [0, 0.05) is 30.4 Å². The van der Waals surface area contributed by atoms with Crippen LogP contribution in [0.15, 0.2) is 77.7 Å². The van der Waals surface area contributed by atoms with Crippen molar-refractivity contribution >= 4 is 18.2 Å². The number of para-hydroxylation sites is 1. The largest absolute Gasteiger partial charge is 0.457 e. The van der Waals surface area contributed by atoms with Gasteiger partial charge in [0.05, 0.1) is 17.6 Å². The highest BCUT2D eigenvalue weighted by Gasteiger charge is 2.38. The number of allylic oxidation sites excluding steroid dienone is 1. The normalized spacial score (nSPS) is 20.8. The van der Waals surface area contributed by atoms with Crippen LogP contribution in [0.3, 0.4) is 0 Å². The van der Waals surface area contributed by atoms with E-state index in [1.165, 1.54) is 6.42 Å². The molecule has 5 rings (SSSR count). The van der Waals surface area contributed by atoms with E-state index in [2.05, 4.69) is 57.3 Å². The SMILES string of the molecule is CC#CC=O.CN1CCC(C2NC(c3ccc(Oc4ccccc4)cc3)=C3C=NC=CN32)C1. The lowest BCUT2D eigenvalue weighted by Crippen LogP contribution is -2.42. The molecule has 0 saturated carbocycles. The molecular weight excluding hydrogens is 412 g/mol. The number of likely N-dealkylation sites (tertiary alicyclic amines) is 1. The number of fused-ring (bicyclic) bond motifs is 1. The summed E-state index contributed by atoms with van der Waals surface area (Å²) in [5, 5.41) is 3.78. The number of hydrogen-bond acceptors (Lipinski definition) is 6. The van der Waals surface area contributed by atoms with E-state index in [4.69, 9.17) is 4.74 Å². The summed E-state index contributed by atoms with van der Waals surface area (Å²) in [5.41, 5.74) is 3.42. The molecule has 33 heavy (non-hydrogen) atoms. The number of ether oxygens (including phenoxy) is 1. The van der Waals surface area contributed by atoms with E-state index < -0.39 is 0 Å². The van der Waals surface area contributed by atoms with Crippen molar-refractivity contribution in [3.63, 3.8) is 0 Å². The number of aliphatic imine (C=N–C) groups is 1. The van der Waals surface area contributed by atoms with E-state index >= 15 is 0 Å². The van der Waals surface area contributed by atoms with Gasteiger partial charge in [-0.05, 0) is 69.3 Å². The summed E-state index contributed by atoms with van der Waals surface area (Å²) in [4.78, 5) is 18.3. The van der Waals surface area contributed by atoms with Gasteiger partial charge >= 0.3 is 0 Å². The number of nitrogens with one attached hydrogen (secondary N) is 1. The first kappa shape index (κ1) is 22.4. The molecule has 0 aliphatic carbocycles. The van der Waals surface area contributed by atoms with E-state index in [-0.39, 0.29) is 6.17 Å². The van der Waals surface area contributed by atoms with Crippen LogP contribution in [0, 0.1) is 17.8 Å². The molecular formula is C27H28N4O2. The zero-order valence-corrected chi connectivity index (χ0v) is 18.9. The summed E-state index contributed by atoms with van der Waals surface area (Å²) in [6.07, 6.45) is 7.97. The molecule has 0 bridgehead atoms. The Labute approximate surface area is 195 Å². The van der Waals surface area contributed by atoms with E-state index in [0.29, 0.717) is 12.2 Å². The van der Waals surface area contributed by atoms with Gasteiger partial charge in [-0.3, -0.25) is 9.79 Å². The molecule has 0 aromatic heterocycles. The first-order chi connectivity index (χ1) is 16.2. The molecule has 2 unspecified atom stereocenters. The number of hydrogen-bond donors (Lipinski definition) is 1. The molecule has 1 N–H and O–H groups in total. The Morgan fingerprint density at radius 2 is 1.88 bits per heavy atom. The summed E-state index contributed by atoms with van der Waals surface area (Å²) in [6, 6.07) is 18.1. The summed E-state index contributed by atoms with van der Waals surface area (Å²) in [7, 11) is 2.20. The van der Waals surface area contributed by atoms with Crippen LogP contribution in [0.1, 0.15) is 18.9 Å². The third-order valence-corrected chi connectivity index (χ3v) is 5.84. The van der Waals surface area contributed by atoms with Gasteiger partial charge in [0.15, 0.2) is 6.29 Å².